The van der Waals surface area contributed by atoms with Crippen molar-refractivity contribution in [2.45, 2.75) is 0 Å². The summed E-state index contributed by atoms with van der Waals surface area (Å²) in [6.07, 6.45) is 1.33. The van der Waals surface area contributed by atoms with Crippen molar-refractivity contribution in [2.24, 2.45) is 5.10 Å². The number of nitrogens with one attached hydrogen (secondary N) is 1. The lowest BCUT2D eigenvalue weighted by Crippen LogP contribution is -2.17. The number of aromatic hydroxyl groups is 1. The van der Waals surface area contributed by atoms with Gasteiger partial charge in [-0.05, 0) is 68.3 Å². The zero-order chi connectivity index (χ0) is 15.4. The number of benzene rings is 2. The molecule has 2 aromatic carbocycles. The van der Waals surface area contributed by atoms with Crippen molar-refractivity contribution in [3.8, 4) is 5.75 Å². The van der Waals surface area contributed by atoms with Crippen LogP contribution in [-0.4, -0.2) is 17.2 Å². The Morgan fingerprint density at radius 1 is 1.19 bits per heavy atom. The molecule has 0 aromatic heterocycles. The van der Waals surface area contributed by atoms with Crippen molar-refractivity contribution in [2.75, 3.05) is 0 Å². The highest BCUT2D eigenvalue weighted by atomic mass is 79.9. The number of halogens is 3. The number of amides is 1. The van der Waals surface area contributed by atoms with Crippen LogP contribution >= 0.6 is 43.5 Å². The zero-order valence-corrected chi connectivity index (χ0v) is 14.4. The van der Waals surface area contributed by atoms with Crippen LogP contribution in [0.25, 0.3) is 0 Å². The molecule has 7 heteroatoms. The highest BCUT2D eigenvalue weighted by Gasteiger charge is 2.06. The molecule has 2 N–H and O–H groups in total. The molecule has 0 fully saturated rings. The Morgan fingerprint density at radius 3 is 2.67 bits per heavy atom. The molecule has 0 aliphatic heterocycles. The average Bonchev–Trinajstić information content (AvgIpc) is 2.45. The first kappa shape index (κ1) is 16.0. The van der Waals surface area contributed by atoms with E-state index in [0.29, 0.717) is 16.1 Å². The monoisotopic (exact) mass is 430 g/mol. The normalized spacial score (nSPS) is 10.8. The number of hydrogen-bond acceptors (Lipinski definition) is 3. The number of phenolic OH excluding ortho intramolecular Hbond substituents is 1. The number of hydrazone groups is 1. The van der Waals surface area contributed by atoms with Gasteiger partial charge in [-0.15, -0.1) is 0 Å². The molecule has 108 valence electrons. The standard InChI is InChI=1S/C14H9Br2ClN2O2/c15-11-3-1-8(6-12(11)16)14(21)19-18-7-9-5-10(17)2-4-13(9)20/h1-7,20H,(H,19,21)/b18-7-. The predicted octanol–water partition coefficient (Wildman–Crippen LogP) is 4.33. The van der Waals surface area contributed by atoms with E-state index in [4.69, 9.17) is 11.6 Å². The van der Waals surface area contributed by atoms with Crippen LogP contribution in [0.4, 0.5) is 0 Å². The number of phenols is 1. The molecule has 0 heterocycles. The van der Waals surface area contributed by atoms with E-state index in [9.17, 15) is 9.90 Å². The Kier molecular flexibility index (Phi) is 5.39. The summed E-state index contributed by atoms with van der Waals surface area (Å²) < 4.78 is 1.62. The van der Waals surface area contributed by atoms with Crippen molar-refractivity contribution in [3.63, 3.8) is 0 Å². The molecule has 0 aliphatic carbocycles. The summed E-state index contributed by atoms with van der Waals surface area (Å²) in [6.45, 7) is 0. The Morgan fingerprint density at radius 2 is 1.95 bits per heavy atom. The minimum Gasteiger partial charge on any atom is -0.507 e. The first-order valence-electron chi connectivity index (χ1n) is 5.74. The second-order valence-corrected chi connectivity index (χ2v) is 6.18. The number of carbonyl (C=O) groups excluding carboxylic acids is 1. The highest BCUT2D eigenvalue weighted by Crippen LogP contribution is 2.23. The van der Waals surface area contributed by atoms with E-state index >= 15 is 0 Å². The lowest BCUT2D eigenvalue weighted by molar-refractivity contribution is 0.0955. The number of rotatable bonds is 3. The molecule has 0 atom stereocenters. The molecule has 0 saturated carbocycles. The van der Waals surface area contributed by atoms with Crippen LogP contribution in [0.15, 0.2) is 50.4 Å². The van der Waals surface area contributed by atoms with Gasteiger partial charge in [-0.1, -0.05) is 11.6 Å². The van der Waals surface area contributed by atoms with Gasteiger partial charge < -0.3 is 5.11 Å². The summed E-state index contributed by atoms with van der Waals surface area (Å²) in [7, 11) is 0. The van der Waals surface area contributed by atoms with Crippen LogP contribution in [0.5, 0.6) is 5.75 Å². The Labute approximate surface area is 143 Å². The minimum absolute atomic E-state index is 0.0313. The zero-order valence-electron chi connectivity index (χ0n) is 10.5. The number of hydrogen-bond donors (Lipinski definition) is 2. The van der Waals surface area contributed by atoms with Gasteiger partial charge in [-0.3, -0.25) is 4.79 Å². The largest absolute Gasteiger partial charge is 0.507 e. The summed E-state index contributed by atoms with van der Waals surface area (Å²) in [6, 6.07) is 9.65. The lowest BCUT2D eigenvalue weighted by Gasteiger charge is -2.02. The van der Waals surface area contributed by atoms with E-state index in [1.165, 1.54) is 12.3 Å². The minimum atomic E-state index is -0.360. The third-order valence-corrected chi connectivity index (χ3v) is 4.66. The molecule has 1 amide bonds. The summed E-state index contributed by atoms with van der Waals surface area (Å²) in [5, 5.41) is 13.9. The van der Waals surface area contributed by atoms with Crippen molar-refractivity contribution >= 4 is 55.6 Å². The number of nitrogens with zero attached hydrogens (tertiary/aromatic N) is 1. The average molecular weight is 432 g/mol. The lowest BCUT2D eigenvalue weighted by atomic mass is 10.2. The topological polar surface area (TPSA) is 61.7 Å². The predicted molar refractivity (Wildman–Crippen MR) is 90.0 cm³/mol. The van der Waals surface area contributed by atoms with Gasteiger partial charge in [0.2, 0.25) is 0 Å². The van der Waals surface area contributed by atoms with E-state index in [1.54, 1.807) is 30.3 Å². The van der Waals surface area contributed by atoms with Crippen molar-refractivity contribution < 1.29 is 9.90 Å². The molecule has 0 saturated heterocycles. The summed E-state index contributed by atoms with van der Waals surface area (Å²) >= 11 is 12.5. The van der Waals surface area contributed by atoms with Gasteiger partial charge in [0.25, 0.3) is 5.91 Å². The van der Waals surface area contributed by atoms with Gasteiger partial charge in [-0.25, -0.2) is 5.43 Å². The number of carbonyl (C=O) groups is 1. The molecule has 0 bridgehead atoms. The molecule has 2 aromatic rings. The maximum atomic E-state index is 11.9. The van der Waals surface area contributed by atoms with Crippen LogP contribution in [-0.2, 0) is 0 Å². The second kappa shape index (κ2) is 7.06. The summed E-state index contributed by atoms with van der Waals surface area (Å²) in [5.41, 5.74) is 3.25. The second-order valence-electron chi connectivity index (χ2n) is 4.03. The Balaban J connectivity index is 2.08. The highest BCUT2D eigenvalue weighted by molar-refractivity contribution is 9.13. The van der Waals surface area contributed by atoms with Gasteiger partial charge in [0.15, 0.2) is 0 Å². The maximum absolute atomic E-state index is 11.9. The van der Waals surface area contributed by atoms with Gasteiger partial charge in [0.05, 0.1) is 6.21 Å². The third kappa shape index (κ3) is 4.30. The maximum Gasteiger partial charge on any atom is 0.271 e. The SMILES string of the molecule is O=C(N/N=C\c1cc(Cl)ccc1O)c1ccc(Br)c(Br)c1. The van der Waals surface area contributed by atoms with Gasteiger partial charge >= 0.3 is 0 Å². The molecule has 2 rings (SSSR count). The molecular formula is C14H9Br2ClN2O2. The first-order chi connectivity index (χ1) is 9.97. The summed E-state index contributed by atoms with van der Waals surface area (Å²) in [5.74, 6) is -0.329. The molecule has 0 unspecified atom stereocenters. The molecule has 4 nitrogen and oxygen atoms in total. The van der Waals surface area contributed by atoms with Gasteiger partial charge in [0.1, 0.15) is 5.75 Å². The van der Waals surface area contributed by atoms with Crippen molar-refractivity contribution in [1.29, 1.82) is 0 Å². The molecular weight excluding hydrogens is 423 g/mol. The first-order valence-corrected chi connectivity index (χ1v) is 7.71. The van der Waals surface area contributed by atoms with E-state index in [-0.39, 0.29) is 11.7 Å². The summed E-state index contributed by atoms with van der Waals surface area (Å²) in [4.78, 5) is 11.9. The molecule has 21 heavy (non-hydrogen) atoms. The van der Waals surface area contributed by atoms with Gasteiger partial charge in [-0.2, -0.15) is 5.10 Å². The van der Waals surface area contributed by atoms with Gasteiger partial charge in [0, 0.05) is 25.1 Å². The van der Waals surface area contributed by atoms with Crippen LogP contribution in [0.1, 0.15) is 15.9 Å². The molecule has 0 aliphatic rings. The molecule has 0 radical (unpaired) electrons. The van der Waals surface area contributed by atoms with E-state index in [0.717, 1.165) is 8.95 Å². The van der Waals surface area contributed by atoms with Crippen LogP contribution in [0.3, 0.4) is 0 Å². The molecule has 0 spiro atoms. The Hall–Kier alpha value is -1.37. The Bertz CT molecular complexity index is 720. The van der Waals surface area contributed by atoms with E-state index in [2.05, 4.69) is 42.4 Å². The van der Waals surface area contributed by atoms with Crippen molar-refractivity contribution in [3.05, 3.63) is 61.5 Å². The van der Waals surface area contributed by atoms with Crippen LogP contribution < -0.4 is 5.43 Å². The fraction of sp³-hybridized carbons (Fsp3) is 0. The van der Waals surface area contributed by atoms with E-state index < -0.39 is 0 Å². The quantitative estimate of drug-likeness (QED) is 0.560. The fourth-order valence-corrected chi connectivity index (χ4v) is 2.30. The third-order valence-electron chi connectivity index (χ3n) is 2.54. The van der Waals surface area contributed by atoms with E-state index in [1.807, 2.05) is 0 Å². The van der Waals surface area contributed by atoms with Crippen molar-refractivity contribution in [1.82, 2.24) is 5.43 Å². The smallest absolute Gasteiger partial charge is 0.271 e. The van der Waals surface area contributed by atoms with Crippen LogP contribution in [0, 0.1) is 0 Å². The fourth-order valence-electron chi connectivity index (χ4n) is 1.49. The van der Waals surface area contributed by atoms with Crippen LogP contribution in [0.2, 0.25) is 5.02 Å².